The van der Waals surface area contributed by atoms with E-state index in [2.05, 4.69) is 14.8 Å². The molecule has 0 amide bonds. The Balaban J connectivity index is 2.17. The summed E-state index contributed by atoms with van der Waals surface area (Å²) in [6.07, 6.45) is 1.06. The molecule has 1 heterocycles. The molecule has 1 unspecified atom stereocenters. The summed E-state index contributed by atoms with van der Waals surface area (Å²) in [5.41, 5.74) is 0.528. The molecule has 0 bridgehead atoms. The number of methoxy groups -OCH3 is 2. The van der Waals surface area contributed by atoms with E-state index in [9.17, 15) is 9.59 Å². The first kappa shape index (κ1) is 15.3. The molecule has 1 N–H and O–H groups in total. The summed E-state index contributed by atoms with van der Waals surface area (Å²) < 4.78 is 15.1. The van der Waals surface area contributed by atoms with E-state index < -0.39 is 11.9 Å². The summed E-state index contributed by atoms with van der Waals surface area (Å²) in [7, 11) is 2.58. The third-order valence-electron chi connectivity index (χ3n) is 3.40. The number of ether oxygens (including phenoxy) is 3. The minimum Gasteiger partial charge on any atom is -0.493 e. The molecule has 6 heteroatoms. The minimum atomic E-state index is -0.520. The van der Waals surface area contributed by atoms with Gasteiger partial charge in [-0.25, -0.2) is 9.59 Å². The Bertz CT molecular complexity index is 489. The molecule has 21 heavy (non-hydrogen) atoms. The zero-order valence-corrected chi connectivity index (χ0v) is 12.2. The molecule has 0 saturated carbocycles. The number of nitrogens with one attached hydrogen (secondary N) is 1. The van der Waals surface area contributed by atoms with Crippen molar-refractivity contribution >= 4 is 11.9 Å². The average Bonchev–Trinajstić information content (AvgIpc) is 3.04. The van der Waals surface area contributed by atoms with E-state index in [1.807, 2.05) is 0 Å². The number of esters is 2. The Kier molecular flexibility index (Phi) is 5.16. The van der Waals surface area contributed by atoms with Crippen LogP contribution in [-0.4, -0.2) is 45.9 Å². The third-order valence-corrected chi connectivity index (χ3v) is 3.40. The second-order valence-electron chi connectivity index (χ2n) is 4.90. The van der Waals surface area contributed by atoms with Crippen LogP contribution in [0.2, 0.25) is 0 Å². The number of hydrogen-bond acceptors (Lipinski definition) is 6. The van der Waals surface area contributed by atoms with Crippen LogP contribution in [0.3, 0.4) is 0 Å². The van der Waals surface area contributed by atoms with Gasteiger partial charge in [0.2, 0.25) is 0 Å². The van der Waals surface area contributed by atoms with Gasteiger partial charge in [-0.05, 0) is 31.2 Å². The highest BCUT2D eigenvalue weighted by Crippen LogP contribution is 2.20. The molecular weight excluding hydrogens is 274 g/mol. The summed E-state index contributed by atoms with van der Waals surface area (Å²) in [6, 6.07) is 4.57. The lowest BCUT2D eigenvalue weighted by Gasteiger charge is -2.12. The van der Waals surface area contributed by atoms with Crippen LogP contribution in [0, 0.1) is 5.92 Å². The average molecular weight is 293 g/mol. The van der Waals surface area contributed by atoms with Gasteiger partial charge in [-0.3, -0.25) is 0 Å². The molecular formula is C15H19NO5. The summed E-state index contributed by atoms with van der Waals surface area (Å²) in [4.78, 5) is 23.3. The fourth-order valence-electron chi connectivity index (χ4n) is 2.22. The number of hydrogen-bond donors (Lipinski definition) is 1. The van der Waals surface area contributed by atoms with Gasteiger partial charge < -0.3 is 19.5 Å². The van der Waals surface area contributed by atoms with E-state index in [4.69, 9.17) is 4.74 Å². The van der Waals surface area contributed by atoms with Gasteiger partial charge in [-0.2, -0.15) is 0 Å². The molecule has 6 nitrogen and oxygen atoms in total. The van der Waals surface area contributed by atoms with Gasteiger partial charge >= 0.3 is 11.9 Å². The molecule has 1 aromatic rings. The van der Waals surface area contributed by atoms with Crippen molar-refractivity contribution in [2.45, 2.75) is 6.42 Å². The van der Waals surface area contributed by atoms with E-state index in [1.165, 1.54) is 20.3 Å². The van der Waals surface area contributed by atoms with Crippen molar-refractivity contribution in [3.8, 4) is 5.75 Å². The molecule has 1 aliphatic rings. The van der Waals surface area contributed by atoms with Crippen molar-refractivity contribution in [1.82, 2.24) is 5.32 Å². The van der Waals surface area contributed by atoms with E-state index in [0.29, 0.717) is 18.3 Å². The lowest BCUT2D eigenvalue weighted by Crippen LogP contribution is -2.16. The molecule has 0 spiro atoms. The summed E-state index contributed by atoms with van der Waals surface area (Å²) >= 11 is 0. The Morgan fingerprint density at radius 1 is 1.14 bits per heavy atom. The molecule has 1 saturated heterocycles. The molecule has 2 rings (SSSR count). The first-order chi connectivity index (χ1) is 10.1. The quantitative estimate of drug-likeness (QED) is 0.824. The van der Waals surface area contributed by atoms with Gasteiger partial charge in [0.15, 0.2) is 0 Å². The Labute approximate surface area is 123 Å². The van der Waals surface area contributed by atoms with Crippen LogP contribution in [0.15, 0.2) is 18.2 Å². The van der Waals surface area contributed by atoms with E-state index in [1.54, 1.807) is 12.1 Å². The first-order valence-electron chi connectivity index (χ1n) is 6.79. The molecule has 1 aliphatic heterocycles. The first-order valence-corrected chi connectivity index (χ1v) is 6.79. The maximum atomic E-state index is 11.6. The van der Waals surface area contributed by atoms with E-state index in [0.717, 1.165) is 19.5 Å². The Hall–Kier alpha value is -2.08. The van der Waals surface area contributed by atoms with Gasteiger partial charge in [0.25, 0.3) is 0 Å². The van der Waals surface area contributed by atoms with Gasteiger partial charge in [0.1, 0.15) is 5.75 Å². The molecule has 0 aromatic heterocycles. The summed E-state index contributed by atoms with van der Waals surface area (Å²) in [5.74, 6) is -0.139. The monoisotopic (exact) mass is 293 g/mol. The minimum absolute atomic E-state index is 0.264. The van der Waals surface area contributed by atoms with Crippen LogP contribution in [0.5, 0.6) is 5.75 Å². The fraction of sp³-hybridized carbons (Fsp3) is 0.467. The maximum Gasteiger partial charge on any atom is 0.338 e. The molecule has 114 valence electrons. The van der Waals surface area contributed by atoms with Crippen molar-refractivity contribution in [3.05, 3.63) is 29.3 Å². The van der Waals surface area contributed by atoms with Gasteiger partial charge in [-0.1, -0.05) is 0 Å². The van der Waals surface area contributed by atoms with Gasteiger partial charge in [0.05, 0.1) is 32.0 Å². The smallest absolute Gasteiger partial charge is 0.338 e. The van der Waals surface area contributed by atoms with Gasteiger partial charge in [-0.15, -0.1) is 0 Å². The van der Waals surface area contributed by atoms with Gasteiger partial charge in [0, 0.05) is 12.5 Å². The second kappa shape index (κ2) is 7.08. The largest absolute Gasteiger partial charge is 0.493 e. The normalized spacial score (nSPS) is 17.3. The maximum absolute atomic E-state index is 11.6. The summed E-state index contributed by atoms with van der Waals surface area (Å²) in [6.45, 7) is 2.45. The lowest BCUT2D eigenvalue weighted by molar-refractivity contribution is 0.0598. The molecule has 1 aromatic carbocycles. The van der Waals surface area contributed by atoms with E-state index >= 15 is 0 Å². The zero-order chi connectivity index (χ0) is 15.2. The fourth-order valence-corrected chi connectivity index (χ4v) is 2.22. The van der Waals surface area contributed by atoms with Crippen LogP contribution in [0.25, 0.3) is 0 Å². The van der Waals surface area contributed by atoms with Crippen LogP contribution < -0.4 is 10.1 Å². The number of carbonyl (C=O) groups is 2. The zero-order valence-electron chi connectivity index (χ0n) is 12.2. The van der Waals surface area contributed by atoms with Crippen molar-refractivity contribution in [2.24, 2.45) is 5.92 Å². The molecule has 1 fully saturated rings. The van der Waals surface area contributed by atoms with Crippen LogP contribution in [0.1, 0.15) is 27.1 Å². The summed E-state index contributed by atoms with van der Waals surface area (Å²) in [5, 5.41) is 3.26. The van der Waals surface area contributed by atoms with Crippen LogP contribution in [0.4, 0.5) is 0 Å². The molecule has 0 radical (unpaired) electrons. The predicted molar refractivity (Wildman–Crippen MR) is 75.6 cm³/mol. The third kappa shape index (κ3) is 3.95. The number of carbonyl (C=O) groups excluding carboxylic acids is 2. The molecule has 1 atom stereocenters. The highest BCUT2D eigenvalue weighted by molar-refractivity contribution is 5.96. The Morgan fingerprint density at radius 3 is 2.24 bits per heavy atom. The SMILES string of the molecule is COC(=O)c1cc(OCC2CCNC2)cc(C(=O)OC)c1. The second-order valence-corrected chi connectivity index (χ2v) is 4.90. The van der Waals surface area contributed by atoms with E-state index in [-0.39, 0.29) is 11.1 Å². The predicted octanol–water partition coefficient (Wildman–Crippen LogP) is 1.25. The van der Waals surface area contributed by atoms with Crippen LogP contribution >= 0.6 is 0 Å². The highest BCUT2D eigenvalue weighted by Gasteiger charge is 2.17. The number of benzene rings is 1. The lowest BCUT2D eigenvalue weighted by atomic mass is 10.1. The van der Waals surface area contributed by atoms with Crippen molar-refractivity contribution < 1.29 is 23.8 Å². The Morgan fingerprint density at radius 2 is 1.76 bits per heavy atom. The molecule has 0 aliphatic carbocycles. The van der Waals surface area contributed by atoms with Crippen molar-refractivity contribution in [1.29, 1.82) is 0 Å². The topological polar surface area (TPSA) is 73.9 Å². The van der Waals surface area contributed by atoms with Crippen LogP contribution in [-0.2, 0) is 9.47 Å². The number of rotatable bonds is 5. The standard InChI is InChI=1S/C15H19NO5/c1-19-14(17)11-5-12(15(18)20-2)7-13(6-11)21-9-10-3-4-16-8-10/h5-7,10,16H,3-4,8-9H2,1-2H3. The van der Waals surface area contributed by atoms with Crippen molar-refractivity contribution in [2.75, 3.05) is 33.9 Å². The highest BCUT2D eigenvalue weighted by atomic mass is 16.5. The van der Waals surface area contributed by atoms with Crippen molar-refractivity contribution in [3.63, 3.8) is 0 Å².